The van der Waals surface area contributed by atoms with Gasteiger partial charge in [0.05, 0.1) is 33.9 Å². The Morgan fingerprint density at radius 2 is 0.699 bits per heavy atom. The van der Waals surface area contributed by atoms with Crippen LogP contribution in [0.3, 0.4) is 0 Å². The van der Waals surface area contributed by atoms with E-state index < -0.39 is 5.41 Å². The van der Waals surface area contributed by atoms with E-state index in [1.54, 1.807) is 0 Å². The van der Waals surface area contributed by atoms with Crippen LogP contribution in [0.25, 0.3) is 66.4 Å². The highest BCUT2D eigenvalue weighted by molar-refractivity contribution is 6.06. The van der Waals surface area contributed by atoms with Gasteiger partial charge in [-0.05, 0) is 114 Å². The molecule has 1 heterocycles. The minimum absolute atomic E-state index is 0.626. The molecule has 0 saturated heterocycles. The predicted octanol–water partition coefficient (Wildman–Crippen LogP) is 19.1. The Labute approximate surface area is 427 Å². The first-order valence-electron chi connectivity index (χ1n) is 25.3. The third-order valence-corrected chi connectivity index (χ3v) is 15.3. The monoisotopic (exact) mass is 928 g/mol. The van der Waals surface area contributed by atoms with E-state index in [2.05, 4.69) is 301 Å². The molecule has 0 atom stereocenters. The molecule has 1 spiro atoms. The van der Waals surface area contributed by atoms with Crippen LogP contribution in [0.5, 0.6) is 0 Å². The van der Waals surface area contributed by atoms with E-state index in [4.69, 9.17) is 0 Å². The SMILES string of the molecule is c1ccc(-c2ccc(-c3ccccc3N(c3ccccc3-c3ccccc3-c3cccc4ccccc34)c3cccc4c3-c3ccccc3C43c4ccccc4N(c4ccccc4)c4ccccc43)cc2)cc1. The van der Waals surface area contributed by atoms with Gasteiger partial charge >= 0.3 is 0 Å². The second-order valence-corrected chi connectivity index (χ2v) is 19.1. The minimum Gasteiger partial charge on any atom is -0.310 e. The third-order valence-electron chi connectivity index (χ3n) is 15.3. The van der Waals surface area contributed by atoms with Gasteiger partial charge < -0.3 is 9.80 Å². The molecule has 12 aromatic rings. The molecule has 0 bridgehead atoms. The Hall–Kier alpha value is -9.50. The standard InChI is InChI=1S/C71H48N2/c1-3-23-49(24-4-1)50-45-47-52(48-46-50)55-30-12-17-40-65(55)73(66-41-18-13-33-59(66)58-32-10-9-31-57(58)56-35-21-26-51-25-7-8-29-54(51)56)69-44-22-39-64-70(69)60-34-11-14-36-61(60)71(64)62-37-15-19-42-67(62)72(53-27-5-2-6-28-53)68-43-20-16-38-63(68)71/h1-48H. The van der Waals surface area contributed by atoms with Gasteiger partial charge in [0.2, 0.25) is 0 Å². The van der Waals surface area contributed by atoms with Crippen LogP contribution >= 0.6 is 0 Å². The lowest BCUT2D eigenvalue weighted by Gasteiger charge is -2.45. The number of hydrogen-bond acceptors (Lipinski definition) is 2. The Morgan fingerprint density at radius 1 is 0.260 bits per heavy atom. The summed E-state index contributed by atoms with van der Waals surface area (Å²) in [5, 5.41) is 2.46. The van der Waals surface area contributed by atoms with Crippen molar-refractivity contribution in [3.05, 3.63) is 313 Å². The van der Waals surface area contributed by atoms with Crippen LogP contribution in [0.1, 0.15) is 22.3 Å². The average Bonchev–Trinajstić information content (AvgIpc) is 3.86. The molecule has 0 aromatic heterocycles. The van der Waals surface area contributed by atoms with Crippen LogP contribution in [0.2, 0.25) is 0 Å². The number of fused-ring (bicyclic) bond motifs is 10. The quantitative estimate of drug-likeness (QED) is 0.150. The van der Waals surface area contributed by atoms with Gasteiger partial charge in [-0.3, -0.25) is 0 Å². The van der Waals surface area contributed by atoms with Gasteiger partial charge in [-0.2, -0.15) is 0 Å². The molecule has 0 fully saturated rings. The fourth-order valence-corrected chi connectivity index (χ4v) is 12.3. The van der Waals surface area contributed by atoms with Crippen LogP contribution in [0, 0.1) is 0 Å². The van der Waals surface area contributed by atoms with Crippen molar-refractivity contribution in [1.82, 2.24) is 0 Å². The highest BCUT2D eigenvalue weighted by Gasteiger charge is 2.52. The first-order valence-corrected chi connectivity index (χ1v) is 25.3. The zero-order valence-corrected chi connectivity index (χ0v) is 40.1. The van der Waals surface area contributed by atoms with Crippen LogP contribution in [0.4, 0.5) is 34.1 Å². The van der Waals surface area contributed by atoms with Gasteiger partial charge in [0.1, 0.15) is 0 Å². The number of hydrogen-bond donors (Lipinski definition) is 0. The second kappa shape index (κ2) is 17.4. The first kappa shape index (κ1) is 42.4. The highest BCUT2D eigenvalue weighted by atomic mass is 15.2. The fraction of sp³-hybridized carbons (Fsp3) is 0.0141. The van der Waals surface area contributed by atoms with E-state index in [0.717, 1.165) is 39.4 Å². The molecule has 0 unspecified atom stereocenters. The summed E-state index contributed by atoms with van der Waals surface area (Å²) in [5.74, 6) is 0. The summed E-state index contributed by atoms with van der Waals surface area (Å²) >= 11 is 0. The third kappa shape index (κ3) is 6.65. The van der Waals surface area contributed by atoms with E-state index in [1.165, 1.54) is 83.3 Å². The lowest BCUT2D eigenvalue weighted by atomic mass is 9.64. The summed E-state index contributed by atoms with van der Waals surface area (Å²) in [7, 11) is 0. The molecular weight excluding hydrogens is 881 g/mol. The van der Waals surface area contributed by atoms with Gasteiger partial charge in [-0.15, -0.1) is 0 Å². The maximum absolute atomic E-state index is 2.57. The lowest BCUT2D eigenvalue weighted by molar-refractivity contribution is 0.752. The Bertz CT molecular complexity index is 3990. The van der Waals surface area contributed by atoms with Crippen LogP contribution in [-0.4, -0.2) is 0 Å². The smallest absolute Gasteiger partial charge is 0.0755 e. The number of para-hydroxylation sites is 5. The van der Waals surface area contributed by atoms with Crippen molar-refractivity contribution in [2.24, 2.45) is 0 Å². The summed E-state index contributed by atoms with van der Waals surface area (Å²) in [6.07, 6.45) is 0. The Kier molecular flexibility index (Phi) is 10.1. The summed E-state index contributed by atoms with van der Waals surface area (Å²) < 4.78 is 0. The van der Waals surface area contributed by atoms with Crippen molar-refractivity contribution in [3.63, 3.8) is 0 Å². The first-order chi connectivity index (χ1) is 36.3. The number of benzene rings is 12. The largest absolute Gasteiger partial charge is 0.310 e. The Balaban J connectivity index is 1.05. The van der Waals surface area contributed by atoms with E-state index in [0.29, 0.717) is 0 Å². The Morgan fingerprint density at radius 3 is 1.41 bits per heavy atom. The highest BCUT2D eigenvalue weighted by Crippen LogP contribution is 2.65. The summed E-state index contributed by atoms with van der Waals surface area (Å²) in [6.45, 7) is 0. The topological polar surface area (TPSA) is 6.48 Å². The number of anilines is 6. The molecule has 1 aliphatic carbocycles. The normalized spacial score (nSPS) is 12.7. The zero-order chi connectivity index (χ0) is 48.3. The van der Waals surface area contributed by atoms with E-state index in [9.17, 15) is 0 Å². The van der Waals surface area contributed by atoms with Gasteiger partial charge in [0, 0.05) is 22.4 Å². The zero-order valence-electron chi connectivity index (χ0n) is 40.1. The molecule has 12 aromatic carbocycles. The van der Waals surface area contributed by atoms with E-state index in [-0.39, 0.29) is 0 Å². The molecular formula is C71H48N2. The van der Waals surface area contributed by atoms with E-state index in [1.807, 2.05) is 0 Å². The van der Waals surface area contributed by atoms with Crippen molar-refractivity contribution >= 4 is 44.9 Å². The summed E-state index contributed by atoms with van der Waals surface area (Å²) in [6, 6.07) is 107. The molecule has 2 heteroatoms. The predicted molar refractivity (Wildman–Crippen MR) is 306 cm³/mol. The van der Waals surface area contributed by atoms with Crippen molar-refractivity contribution in [3.8, 4) is 55.6 Å². The van der Waals surface area contributed by atoms with Crippen LogP contribution in [0.15, 0.2) is 291 Å². The number of rotatable bonds is 8. The fourth-order valence-electron chi connectivity index (χ4n) is 12.3. The molecule has 0 saturated carbocycles. The van der Waals surface area contributed by atoms with Crippen molar-refractivity contribution < 1.29 is 0 Å². The molecule has 14 rings (SSSR count). The van der Waals surface area contributed by atoms with Crippen LogP contribution < -0.4 is 9.80 Å². The van der Waals surface area contributed by atoms with Gasteiger partial charge in [-0.1, -0.05) is 249 Å². The maximum Gasteiger partial charge on any atom is 0.0755 e. The molecule has 1 aliphatic heterocycles. The summed E-state index contributed by atoms with van der Waals surface area (Å²) in [4.78, 5) is 5.02. The lowest BCUT2D eigenvalue weighted by Crippen LogP contribution is -2.36. The van der Waals surface area contributed by atoms with Crippen molar-refractivity contribution in [2.45, 2.75) is 5.41 Å². The minimum atomic E-state index is -0.626. The number of nitrogens with zero attached hydrogens (tertiary/aromatic N) is 2. The molecule has 0 radical (unpaired) electrons. The average molecular weight is 929 g/mol. The van der Waals surface area contributed by atoms with Gasteiger partial charge in [0.15, 0.2) is 0 Å². The maximum atomic E-state index is 2.57. The second-order valence-electron chi connectivity index (χ2n) is 19.1. The molecule has 73 heavy (non-hydrogen) atoms. The molecule has 2 nitrogen and oxygen atoms in total. The molecule has 342 valence electrons. The molecule has 0 N–H and O–H groups in total. The van der Waals surface area contributed by atoms with Crippen LogP contribution in [-0.2, 0) is 5.41 Å². The van der Waals surface area contributed by atoms with Crippen molar-refractivity contribution in [2.75, 3.05) is 9.80 Å². The summed E-state index contributed by atoms with van der Waals surface area (Å²) in [5.41, 5.74) is 23.1. The molecule has 0 amide bonds. The van der Waals surface area contributed by atoms with Crippen molar-refractivity contribution in [1.29, 1.82) is 0 Å². The van der Waals surface area contributed by atoms with Gasteiger partial charge in [0.25, 0.3) is 0 Å². The van der Waals surface area contributed by atoms with E-state index >= 15 is 0 Å². The molecule has 2 aliphatic rings. The van der Waals surface area contributed by atoms with Gasteiger partial charge in [-0.25, -0.2) is 0 Å².